The van der Waals surface area contributed by atoms with Crippen molar-refractivity contribution < 1.29 is 4.79 Å². The van der Waals surface area contributed by atoms with Crippen LogP contribution in [0.3, 0.4) is 0 Å². The highest BCUT2D eigenvalue weighted by Gasteiger charge is 2.27. The van der Waals surface area contributed by atoms with E-state index in [4.69, 9.17) is 0 Å². The summed E-state index contributed by atoms with van der Waals surface area (Å²) in [6, 6.07) is 0.607. The van der Waals surface area contributed by atoms with E-state index in [9.17, 15) is 4.79 Å². The van der Waals surface area contributed by atoms with Crippen molar-refractivity contribution in [1.82, 2.24) is 24.3 Å². The Morgan fingerprint density at radius 2 is 2.04 bits per heavy atom. The van der Waals surface area contributed by atoms with Crippen molar-refractivity contribution in [2.45, 2.75) is 64.0 Å². The SMILES string of the molecule is CCCCn1ccnc1C1CCN(C(=O)CCN(C)C2CCN(C)C2)CC1. The monoisotopic (exact) mass is 375 g/mol. The summed E-state index contributed by atoms with van der Waals surface area (Å²) in [6.45, 7) is 8.21. The van der Waals surface area contributed by atoms with Gasteiger partial charge in [-0.1, -0.05) is 13.3 Å². The molecule has 0 bridgehead atoms. The lowest BCUT2D eigenvalue weighted by atomic mass is 9.95. The number of aryl methyl sites for hydroxylation is 1. The summed E-state index contributed by atoms with van der Waals surface area (Å²) in [6.07, 6.45) is 10.4. The minimum absolute atomic E-state index is 0.320. The Morgan fingerprint density at radius 1 is 1.26 bits per heavy atom. The topological polar surface area (TPSA) is 44.6 Å². The molecular weight excluding hydrogens is 338 g/mol. The summed E-state index contributed by atoms with van der Waals surface area (Å²) in [4.78, 5) is 24.1. The molecule has 2 aliphatic rings. The Balaban J connectivity index is 1.42. The third-order valence-corrected chi connectivity index (χ3v) is 6.38. The largest absolute Gasteiger partial charge is 0.343 e. The molecule has 1 unspecified atom stereocenters. The Morgan fingerprint density at radius 3 is 2.70 bits per heavy atom. The molecule has 2 fully saturated rings. The third-order valence-electron chi connectivity index (χ3n) is 6.38. The molecule has 0 N–H and O–H groups in total. The number of rotatable bonds is 8. The van der Waals surface area contributed by atoms with Crippen LogP contribution in [0.2, 0.25) is 0 Å². The van der Waals surface area contributed by atoms with Crippen molar-refractivity contribution in [2.24, 2.45) is 0 Å². The van der Waals surface area contributed by atoms with Gasteiger partial charge in [-0.25, -0.2) is 4.98 Å². The second-order valence-corrected chi connectivity index (χ2v) is 8.42. The summed E-state index contributed by atoms with van der Waals surface area (Å²) in [5, 5.41) is 0. The molecule has 0 aliphatic carbocycles. The van der Waals surface area contributed by atoms with Crippen molar-refractivity contribution in [1.29, 1.82) is 0 Å². The van der Waals surface area contributed by atoms with Crippen LogP contribution in [0.1, 0.15) is 57.2 Å². The summed E-state index contributed by atoms with van der Waals surface area (Å²) in [5.41, 5.74) is 0. The van der Waals surface area contributed by atoms with Crippen molar-refractivity contribution >= 4 is 5.91 Å². The predicted octanol–water partition coefficient (Wildman–Crippen LogP) is 2.42. The van der Waals surface area contributed by atoms with Gasteiger partial charge in [-0.15, -0.1) is 0 Å². The second kappa shape index (κ2) is 9.69. The highest BCUT2D eigenvalue weighted by atomic mass is 16.2. The zero-order valence-corrected chi connectivity index (χ0v) is 17.4. The summed E-state index contributed by atoms with van der Waals surface area (Å²) < 4.78 is 2.32. The number of imidazole rings is 1. The molecule has 1 amide bonds. The smallest absolute Gasteiger partial charge is 0.223 e. The molecule has 0 saturated carbocycles. The normalized spacial score (nSPS) is 22.1. The molecular formula is C21H37N5O. The van der Waals surface area contributed by atoms with Gasteiger partial charge in [-0.3, -0.25) is 4.79 Å². The number of unbranched alkanes of at least 4 members (excludes halogenated alkanes) is 1. The zero-order valence-electron chi connectivity index (χ0n) is 17.4. The summed E-state index contributed by atoms with van der Waals surface area (Å²) in [5.74, 6) is 2.04. The summed E-state index contributed by atoms with van der Waals surface area (Å²) in [7, 11) is 4.34. The van der Waals surface area contributed by atoms with E-state index in [0.717, 1.165) is 45.6 Å². The van der Waals surface area contributed by atoms with Crippen LogP contribution in [0.15, 0.2) is 12.4 Å². The van der Waals surface area contributed by atoms with Crippen LogP contribution in [-0.4, -0.2) is 83.0 Å². The molecule has 27 heavy (non-hydrogen) atoms. The van der Waals surface area contributed by atoms with E-state index < -0.39 is 0 Å². The second-order valence-electron chi connectivity index (χ2n) is 8.42. The van der Waals surface area contributed by atoms with Crippen LogP contribution in [-0.2, 0) is 11.3 Å². The maximum Gasteiger partial charge on any atom is 0.223 e. The van der Waals surface area contributed by atoms with Gasteiger partial charge in [0, 0.05) is 63.5 Å². The van der Waals surface area contributed by atoms with Crippen LogP contribution in [0, 0.1) is 0 Å². The lowest BCUT2D eigenvalue weighted by molar-refractivity contribution is -0.132. The molecule has 2 saturated heterocycles. The molecule has 0 spiro atoms. The average Bonchev–Trinajstić information content (AvgIpc) is 3.33. The average molecular weight is 376 g/mol. The van der Waals surface area contributed by atoms with Gasteiger partial charge in [0.25, 0.3) is 0 Å². The standard InChI is InChI=1S/C21H37N5O/c1-4-5-11-26-16-10-22-21(26)18-6-14-25(15-7-18)20(27)9-13-24(3)19-8-12-23(2)17-19/h10,16,18-19H,4-9,11-15,17H2,1-3H3. The lowest BCUT2D eigenvalue weighted by Gasteiger charge is -2.33. The molecule has 1 aromatic heterocycles. The van der Waals surface area contributed by atoms with E-state index in [2.05, 4.69) is 51.5 Å². The predicted molar refractivity (Wildman–Crippen MR) is 109 cm³/mol. The Kier molecular flexibility index (Phi) is 7.30. The minimum atomic E-state index is 0.320. The van der Waals surface area contributed by atoms with Crippen molar-refractivity contribution in [3.05, 3.63) is 18.2 Å². The fourth-order valence-electron chi connectivity index (χ4n) is 4.47. The fraction of sp³-hybridized carbons (Fsp3) is 0.810. The molecule has 1 atom stereocenters. The number of carbonyl (C=O) groups is 1. The summed E-state index contributed by atoms with van der Waals surface area (Å²) >= 11 is 0. The number of hydrogen-bond donors (Lipinski definition) is 0. The fourth-order valence-corrected chi connectivity index (χ4v) is 4.47. The van der Waals surface area contributed by atoms with Crippen LogP contribution in [0.25, 0.3) is 0 Å². The zero-order chi connectivity index (χ0) is 19.2. The first-order chi connectivity index (χ1) is 13.1. The molecule has 152 valence electrons. The van der Waals surface area contributed by atoms with Crippen molar-refractivity contribution in [3.8, 4) is 0 Å². The van der Waals surface area contributed by atoms with Gasteiger partial charge in [-0.2, -0.15) is 0 Å². The number of amides is 1. The molecule has 0 aromatic carbocycles. The molecule has 3 heterocycles. The molecule has 3 rings (SSSR count). The Bertz CT molecular complexity index is 593. The van der Waals surface area contributed by atoms with E-state index in [0.29, 0.717) is 24.3 Å². The third kappa shape index (κ3) is 5.32. The van der Waals surface area contributed by atoms with Crippen LogP contribution < -0.4 is 0 Å². The van der Waals surface area contributed by atoms with E-state index in [1.807, 2.05) is 6.20 Å². The Labute approximate surface area is 164 Å². The first-order valence-electron chi connectivity index (χ1n) is 10.8. The highest BCUT2D eigenvalue weighted by Crippen LogP contribution is 2.27. The van der Waals surface area contributed by atoms with E-state index >= 15 is 0 Å². The maximum absolute atomic E-state index is 12.7. The molecule has 0 radical (unpaired) electrons. The number of carbonyl (C=O) groups excluding carboxylic acids is 1. The van der Waals surface area contributed by atoms with Gasteiger partial charge < -0.3 is 19.3 Å². The minimum Gasteiger partial charge on any atom is -0.343 e. The first kappa shape index (κ1) is 20.3. The number of aromatic nitrogens is 2. The molecule has 6 nitrogen and oxygen atoms in total. The number of nitrogens with zero attached hydrogens (tertiary/aromatic N) is 5. The van der Waals surface area contributed by atoms with Gasteiger partial charge in [0.2, 0.25) is 5.91 Å². The first-order valence-corrected chi connectivity index (χ1v) is 10.8. The molecule has 1 aromatic rings. The van der Waals surface area contributed by atoms with E-state index in [1.165, 1.54) is 31.6 Å². The lowest BCUT2D eigenvalue weighted by Crippen LogP contribution is -2.41. The van der Waals surface area contributed by atoms with Gasteiger partial charge in [0.15, 0.2) is 0 Å². The quantitative estimate of drug-likeness (QED) is 0.700. The van der Waals surface area contributed by atoms with E-state index in [1.54, 1.807) is 0 Å². The van der Waals surface area contributed by atoms with Crippen molar-refractivity contribution in [2.75, 3.05) is 46.8 Å². The number of hydrogen-bond acceptors (Lipinski definition) is 4. The Hall–Kier alpha value is -1.40. The number of piperidine rings is 1. The number of likely N-dealkylation sites (tertiary alicyclic amines) is 2. The number of likely N-dealkylation sites (N-methyl/N-ethyl adjacent to an activating group) is 2. The molecule has 6 heteroatoms. The van der Waals surface area contributed by atoms with Crippen LogP contribution in [0.5, 0.6) is 0 Å². The van der Waals surface area contributed by atoms with Gasteiger partial charge >= 0.3 is 0 Å². The van der Waals surface area contributed by atoms with Crippen LogP contribution in [0.4, 0.5) is 0 Å². The molecule has 2 aliphatic heterocycles. The van der Waals surface area contributed by atoms with Gasteiger partial charge in [-0.05, 0) is 46.3 Å². The van der Waals surface area contributed by atoms with Crippen LogP contribution >= 0.6 is 0 Å². The van der Waals surface area contributed by atoms with Gasteiger partial charge in [0.1, 0.15) is 5.82 Å². The van der Waals surface area contributed by atoms with Gasteiger partial charge in [0.05, 0.1) is 0 Å². The maximum atomic E-state index is 12.7. The van der Waals surface area contributed by atoms with E-state index in [-0.39, 0.29) is 0 Å². The van der Waals surface area contributed by atoms with Crippen molar-refractivity contribution in [3.63, 3.8) is 0 Å². The highest BCUT2D eigenvalue weighted by molar-refractivity contribution is 5.76.